The highest BCUT2D eigenvalue weighted by molar-refractivity contribution is 5.64. The van der Waals surface area contributed by atoms with Crippen molar-refractivity contribution in [3.8, 4) is 0 Å². The van der Waals surface area contributed by atoms with Crippen LogP contribution in [0.2, 0.25) is 0 Å². The van der Waals surface area contributed by atoms with Crippen LogP contribution in [0.5, 0.6) is 0 Å². The summed E-state index contributed by atoms with van der Waals surface area (Å²) < 4.78 is 0. The molecule has 0 radical (unpaired) electrons. The largest absolute Gasteiger partial charge is 0.326 e. The first-order valence-corrected chi connectivity index (χ1v) is 4.15. The van der Waals surface area contributed by atoms with Gasteiger partial charge in [-0.25, -0.2) is 0 Å². The molecule has 1 rings (SSSR count). The smallest absolute Gasteiger partial charge is 0.142 e. The molecule has 0 unspecified atom stereocenters. The molecule has 0 spiro atoms. The quantitative estimate of drug-likeness (QED) is 0.554. The van der Waals surface area contributed by atoms with Crippen molar-refractivity contribution in [1.82, 2.24) is 0 Å². The Labute approximate surface area is 79.1 Å². The van der Waals surface area contributed by atoms with Gasteiger partial charge in [-0.05, 0) is 18.6 Å². The molecule has 2 N–H and O–H groups in total. The predicted octanol–water partition coefficient (Wildman–Crippen LogP) is 1.91. The molecule has 0 amide bonds. The van der Waals surface area contributed by atoms with E-state index in [1.165, 1.54) is 11.6 Å². The minimum Gasteiger partial charge on any atom is -0.326 e. The maximum Gasteiger partial charge on any atom is 0.142 e. The molecule has 70 valence electrons. The minimum atomic E-state index is 0.640. The molecule has 1 aromatic carbocycles. The van der Waals surface area contributed by atoms with Crippen molar-refractivity contribution in [2.24, 2.45) is 5.73 Å². The third-order valence-corrected chi connectivity index (χ3v) is 1.35. The van der Waals surface area contributed by atoms with Gasteiger partial charge in [-0.3, -0.25) is 4.79 Å². The topological polar surface area (TPSA) is 43.1 Å². The fourth-order valence-corrected chi connectivity index (χ4v) is 0.693. The Morgan fingerprint density at radius 1 is 1.31 bits per heavy atom. The highest BCUT2D eigenvalue weighted by Crippen LogP contribution is 1.94. The molecular formula is C11H15NO. The van der Waals surface area contributed by atoms with E-state index >= 15 is 0 Å². The van der Waals surface area contributed by atoms with Crippen LogP contribution in [0.15, 0.2) is 42.5 Å². The van der Waals surface area contributed by atoms with Crippen molar-refractivity contribution < 1.29 is 4.79 Å². The van der Waals surface area contributed by atoms with Crippen LogP contribution in [-0.4, -0.2) is 6.29 Å². The molecule has 0 aliphatic carbocycles. The molecule has 2 heteroatoms. The van der Waals surface area contributed by atoms with Crippen molar-refractivity contribution in [3.63, 3.8) is 0 Å². The van der Waals surface area contributed by atoms with Crippen LogP contribution in [0.3, 0.4) is 0 Å². The SMILES string of the molecule is CC=CC=O.NCc1ccccc1. The molecule has 0 saturated carbocycles. The van der Waals surface area contributed by atoms with Crippen LogP contribution in [0.1, 0.15) is 12.5 Å². The van der Waals surface area contributed by atoms with E-state index in [0.29, 0.717) is 6.54 Å². The van der Waals surface area contributed by atoms with Gasteiger partial charge in [0.2, 0.25) is 0 Å². The van der Waals surface area contributed by atoms with Crippen LogP contribution >= 0.6 is 0 Å². The van der Waals surface area contributed by atoms with E-state index in [-0.39, 0.29) is 0 Å². The monoisotopic (exact) mass is 177 g/mol. The van der Waals surface area contributed by atoms with Gasteiger partial charge in [-0.1, -0.05) is 36.4 Å². The maximum absolute atomic E-state index is 9.32. The first-order chi connectivity index (χ1) is 6.35. The summed E-state index contributed by atoms with van der Waals surface area (Å²) in [6, 6.07) is 9.99. The third kappa shape index (κ3) is 6.97. The Morgan fingerprint density at radius 2 is 1.92 bits per heavy atom. The van der Waals surface area contributed by atoms with Gasteiger partial charge in [0.05, 0.1) is 0 Å². The van der Waals surface area contributed by atoms with Gasteiger partial charge < -0.3 is 5.73 Å². The molecular weight excluding hydrogens is 162 g/mol. The molecule has 0 aliphatic heterocycles. The lowest BCUT2D eigenvalue weighted by atomic mass is 10.2. The lowest BCUT2D eigenvalue weighted by Crippen LogP contribution is -1.94. The van der Waals surface area contributed by atoms with Crippen LogP contribution in [0, 0.1) is 0 Å². The first kappa shape index (κ1) is 11.6. The summed E-state index contributed by atoms with van der Waals surface area (Å²) in [5, 5.41) is 0. The second-order valence-corrected chi connectivity index (χ2v) is 2.35. The average Bonchev–Trinajstić information content (AvgIpc) is 2.21. The number of hydrogen-bond acceptors (Lipinski definition) is 2. The van der Waals surface area contributed by atoms with E-state index in [4.69, 9.17) is 5.73 Å². The van der Waals surface area contributed by atoms with Crippen LogP contribution in [-0.2, 0) is 11.3 Å². The maximum atomic E-state index is 9.32. The lowest BCUT2D eigenvalue weighted by molar-refractivity contribution is -0.104. The Morgan fingerprint density at radius 3 is 2.15 bits per heavy atom. The fraction of sp³-hybridized carbons (Fsp3) is 0.182. The summed E-state index contributed by atoms with van der Waals surface area (Å²) in [4.78, 5) is 9.32. The van der Waals surface area contributed by atoms with Crippen LogP contribution in [0.25, 0.3) is 0 Å². The van der Waals surface area contributed by atoms with Crippen LogP contribution in [0.4, 0.5) is 0 Å². The average molecular weight is 177 g/mol. The van der Waals surface area contributed by atoms with Crippen molar-refractivity contribution in [3.05, 3.63) is 48.0 Å². The summed E-state index contributed by atoms with van der Waals surface area (Å²) in [5.74, 6) is 0. The number of allylic oxidation sites excluding steroid dienone is 2. The highest BCUT2D eigenvalue weighted by atomic mass is 16.1. The fourth-order valence-electron chi connectivity index (χ4n) is 0.693. The standard InChI is InChI=1S/C7H9N.C4H6O/c8-6-7-4-2-1-3-5-7;1-2-3-4-5/h1-5H,6,8H2;2-4H,1H3. The second kappa shape index (κ2) is 8.68. The molecule has 13 heavy (non-hydrogen) atoms. The summed E-state index contributed by atoms with van der Waals surface area (Å²) in [5.41, 5.74) is 6.54. The molecule has 0 bridgehead atoms. The van der Waals surface area contributed by atoms with Gasteiger partial charge in [-0.15, -0.1) is 0 Å². The van der Waals surface area contributed by atoms with Gasteiger partial charge in [-0.2, -0.15) is 0 Å². The number of nitrogens with two attached hydrogens (primary N) is 1. The Balaban J connectivity index is 0.000000252. The van der Waals surface area contributed by atoms with Gasteiger partial charge in [0.1, 0.15) is 6.29 Å². The van der Waals surface area contributed by atoms with Gasteiger partial charge in [0, 0.05) is 6.54 Å². The summed E-state index contributed by atoms with van der Waals surface area (Å²) >= 11 is 0. The van der Waals surface area contributed by atoms with Crippen LogP contribution < -0.4 is 5.73 Å². The summed E-state index contributed by atoms with van der Waals surface area (Å²) in [7, 11) is 0. The van der Waals surface area contributed by atoms with E-state index in [0.717, 1.165) is 6.29 Å². The van der Waals surface area contributed by atoms with Crippen molar-refractivity contribution in [2.75, 3.05) is 0 Å². The molecule has 0 aliphatic rings. The van der Waals surface area contributed by atoms with E-state index in [9.17, 15) is 4.79 Å². The zero-order valence-electron chi connectivity index (χ0n) is 7.81. The zero-order chi connectivity index (χ0) is 9.94. The van der Waals surface area contributed by atoms with Gasteiger partial charge in [0.15, 0.2) is 0 Å². The molecule has 0 saturated heterocycles. The molecule has 0 atom stereocenters. The molecule has 1 aromatic rings. The van der Waals surface area contributed by atoms with Gasteiger partial charge in [0.25, 0.3) is 0 Å². The highest BCUT2D eigenvalue weighted by Gasteiger charge is 1.80. The van der Waals surface area contributed by atoms with Crippen molar-refractivity contribution in [1.29, 1.82) is 0 Å². The summed E-state index contributed by atoms with van der Waals surface area (Å²) in [6.45, 7) is 2.44. The Hall–Kier alpha value is -1.41. The third-order valence-electron chi connectivity index (χ3n) is 1.35. The molecule has 2 nitrogen and oxygen atoms in total. The summed E-state index contributed by atoms with van der Waals surface area (Å²) in [6.07, 6.45) is 3.88. The predicted molar refractivity (Wildman–Crippen MR) is 55.2 cm³/mol. The molecule has 0 aromatic heterocycles. The zero-order valence-corrected chi connectivity index (χ0v) is 7.81. The van der Waals surface area contributed by atoms with E-state index < -0.39 is 0 Å². The number of carbonyl (C=O) groups is 1. The number of aldehydes is 1. The minimum absolute atomic E-state index is 0.640. The first-order valence-electron chi connectivity index (χ1n) is 4.15. The number of carbonyl (C=O) groups excluding carboxylic acids is 1. The van der Waals surface area contributed by atoms with E-state index in [2.05, 4.69) is 0 Å². The molecule has 0 heterocycles. The Kier molecular flexibility index (Phi) is 7.74. The molecule has 0 fully saturated rings. The number of hydrogen-bond donors (Lipinski definition) is 1. The number of rotatable bonds is 2. The lowest BCUT2D eigenvalue weighted by Gasteiger charge is -1.90. The van der Waals surface area contributed by atoms with E-state index in [1.54, 1.807) is 13.0 Å². The van der Waals surface area contributed by atoms with Gasteiger partial charge >= 0.3 is 0 Å². The Bertz CT molecular complexity index is 242. The second-order valence-electron chi connectivity index (χ2n) is 2.35. The van der Waals surface area contributed by atoms with Crippen molar-refractivity contribution >= 4 is 6.29 Å². The normalized spacial score (nSPS) is 9.08. The van der Waals surface area contributed by atoms with Crippen molar-refractivity contribution in [2.45, 2.75) is 13.5 Å². The van der Waals surface area contributed by atoms with E-state index in [1.807, 2.05) is 30.3 Å². The number of benzene rings is 1.